The first-order valence-electron chi connectivity index (χ1n) is 7.26. The fourth-order valence-electron chi connectivity index (χ4n) is 2.19. The maximum absolute atomic E-state index is 6.23. The number of alkyl halides is 2. The molecule has 0 aromatic heterocycles. The second-order valence-electron chi connectivity index (χ2n) is 5.05. The molecule has 0 heterocycles. The standard InChI is InChI=1S/C16H25Cl2N/c17-15(16(18)12-13-19)11-7-2-1-4-8-14-9-5-3-6-10-14/h3,5-6,9-10,15-16H,1-2,4,7-8,11-13,19H2. The van der Waals surface area contributed by atoms with E-state index in [2.05, 4.69) is 30.3 Å². The SMILES string of the molecule is NCCC(Cl)C(Cl)CCCCCCc1ccccc1. The molecule has 3 heteroatoms. The Bertz CT molecular complexity index is 316. The molecule has 1 rings (SSSR count). The number of benzene rings is 1. The molecule has 1 aromatic carbocycles. The van der Waals surface area contributed by atoms with Gasteiger partial charge in [0.2, 0.25) is 0 Å². The Labute approximate surface area is 127 Å². The molecule has 0 aliphatic rings. The quantitative estimate of drug-likeness (QED) is 0.490. The Balaban J connectivity index is 1.99. The summed E-state index contributed by atoms with van der Waals surface area (Å²) in [5, 5.41) is 0.0929. The summed E-state index contributed by atoms with van der Waals surface area (Å²) >= 11 is 12.4. The molecule has 0 saturated heterocycles. The highest BCUT2D eigenvalue weighted by Gasteiger charge is 2.14. The lowest BCUT2D eigenvalue weighted by Gasteiger charge is -2.14. The summed E-state index contributed by atoms with van der Waals surface area (Å²) in [7, 11) is 0. The maximum Gasteiger partial charge on any atom is 0.0511 e. The van der Waals surface area contributed by atoms with E-state index in [4.69, 9.17) is 28.9 Å². The average molecular weight is 302 g/mol. The van der Waals surface area contributed by atoms with Crippen LogP contribution in [0.1, 0.15) is 44.1 Å². The van der Waals surface area contributed by atoms with Gasteiger partial charge in [-0.1, -0.05) is 49.6 Å². The molecule has 0 bridgehead atoms. The van der Waals surface area contributed by atoms with Gasteiger partial charge in [-0.3, -0.25) is 0 Å². The molecule has 0 radical (unpaired) electrons. The molecule has 0 amide bonds. The molecule has 0 aliphatic carbocycles. The summed E-state index contributed by atoms with van der Waals surface area (Å²) in [5.41, 5.74) is 6.91. The average Bonchev–Trinajstić information content (AvgIpc) is 2.43. The van der Waals surface area contributed by atoms with Crippen LogP contribution in [-0.2, 0) is 6.42 Å². The van der Waals surface area contributed by atoms with Crippen molar-refractivity contribution in [3.05, 3.63) is 35.9 Å². The van der Waals surface area contributed by atoms with E-state index in [0.29, 0.717) is 6.54 Å². The van der Waals surface area contributed by atoms with Gasteiger partial charge < -0.3 is 5.73 Å². The van der Waals surface area contributed by atoms with Crippen LogP contribution < -0.4 is 5.73 Å². The molecular weight excluding hydrogens is 277 g/mol. The molecule has 1 nitrogen and oxygen atoms in total. The molecule has 2 atom stereocenters. The van der Waals surface area contributed by atoms with Crippen molar-refractivity contribution in [2.24, 2.45) is 5.73 Å². The van der Waals surface area contributed by atoms with Crippen molar-refractivity contribution in [2.75, 3.05) is 6.54 Å². The first-order valence-corrected chi connectivity index (χ1v) is 8.13. The fraction of sp³-hybridized carbons (Fsp3) is 0.625. The largest absolute Gasteiger partial charge is 0.330 e. The Kier molecular flexibility index (Phi) is 9.32. The zero-order chi connectivity index (χ0) is 13.9. The minimum Gasteiger partial charge on any atom is -0.330 e. The normalized spacial score (nSPS) is 14.3. The zero-order valence-corrected chi connectivity index (χ0v) is 13.0. The van der Waals surface area contributed by atoms with Crippen LogP contribution in [0.15, 0.2) is 30.3 Å². The number of nitrogens with two attached hydrogens (primary N) is 1. The molecule has 0 saturated carbocycles. The Morgan fingerprint density at radius 1 is 0.842 bits per heavy atom. The predicted octanol–water partition coefficient (Wildman–Crippen LogP) is 4.74. The van der Waals surface area contributed by atoms with E-state index >= 15 is 0 Å². The van der Waals surface area contributed by atoms with Gasteiger partial charge in [0.15, 0.2) is 0 Å². The lowest BCUT2D eigenvalue weighted by atomic mass is 10.0. The first-order chi connectivity index (χ1) is 9.24. The lowest BCUT2D eigenvalue weighted by molar-refractivity contribution is 0.578. The topological polar surface area (TPSA) is 26.0 Å². The molecule has 0 fully saturated rings. The molecular formula is C16H25Cl2N. The van der Waals surface area contributed by atoms with Crippen molar-refractivity contribution < 1.29 is 0 Å². The van der Waals surface area contributed by atoms with E-state index in [1.165, 1.54) is 31.2 Å². The number of unbranched alkanes of at least 4 members (excludes halogenated alkanes) is 3. The second-order valence-corrected chi connectivity index (χ2v) is 6.17. The Morgan fingerprint density at radius 2 is 1.47 bits per heavy atom. The number of hydrogen-bond donors (Lipinski definition) is 1. The summed E-state index contributed by atoms with van der Waals surface area (Å²) in [5.74, 6) is 0. The molecule has 2 unspecified atom stereocenters. The highest BCUT2D eigenvalue weighted by atomic mass is 35.5. The zero-order valence-electron chi connectivity index (χ0n) is 11.5. The van der Waals surface area contributed by atoms with Gasteiger partial charge in [0.1, 0.15) is 0 Å². The van der Waals surface area contributed by atoms with E-state index in [1.54, 1.807) is 0 Å². The van der Waals surface area contributed by atoms with Crippen LogP contribution in [0.4, 0.5) is 0 Å². The van der Waals surface area contributed by atoms with Gasteiger partial charge in [-0.05, 0) is 37.8 Å². The third kappa shape index (κ3) is 7.81. The summed E-state index contributed by atoms with van der Waals surface area (Å²) < 4.78 is 0. The van der Waals surface area contributed by atoms with Crippen LogP contribution in [0.3, 0.4) is 0 Å². The Hall–Kier alpha value is -0.240. The van der Waals surface area contributed by atoms with Crippen molar-refractivity contribution in [3.63, 3.8) is 0 Å². The van der Waals surface area contributed by atoms with Gasteiger partial charge in [0, 0.05) is 5.38 Å². The monoisotopic (exact) mass is 301 g/mol. The van der Waals surface area contributed by atoms with Crippen molar-refractivity contribution in [3.8, 4) is 0 Å². The highest BCUT2D eigenvalue weighted by molar-refractivity contribution is 6.29. The van der Waals surface area contributed by atoms with E-state index < -0.39 is 0 Å². The van der Waals surface area contributed by atoms with Gasteiger partial charge in [-0.2, -0.15) is 0 Å². The van der Waals surface area contributed by atoms with E-state index in [-0.39, 0.29) is 10.8 Å². The molecule has 0 aliphatic heterocycles. The number of halogens is 2. The van der Waals surface area contributed by atoms with E-state index in [0.717, 1.165) is 19.3 Å². The minimum atomic E-state index is 0.0241. The van der Waals surface area contributed by atoms with Gasteiger partial charge in [0.05, 0.1) is 5.38 Å². The predicted molar refractivity (Wildman–Crippen MR) is 86.2 cm³/mol. The third-order valence-corrected chi connectivity index (χ3v) is 4.55. The smallest absolute Gasteiger partial charge is 0.0511 e. The van der Waals surface area contributed by atoms with E-state index in [1.807, 2.05) is 0 Å². The van der Waals surface area contributed by atoms with Crippen molar-refractivity contribution >= 4 is 23.2 Å². The lowest BCUT2D eigenvalue weighted by Crippen LogP contribution is -2.18. The van der Waals surface area contributed by atoms with Crippen LogP contribution >= 0.6 is 23.2 Å². The van der Waals surface area contributed by atoms with Gasteiger partial charge in [-0.15, -0.1) is 23.2 Å². The van der Waals surface area contributed by atoms with Crippen molar-refractivity contribution in [1.82, 2.24) is 0 Å². The first kappa shape index (κ1) is 16.8. The van der Waals surface area contributed by atoms with Crippen LogP contribution in [-0.4, -0.2) is 17.3 Å². The van der Waals surface area contributed by atoms with Crippen LogP contribution in [0.5, 0.6) is 0 Å². The van der Waals surface area contributed by atoms with Gasteiger partial charge >= 0.3 is 0 Å². The highest BCUT2D eigenvalue weighted by Crippen LogP contribution is 2.20. The summed E-state index contributed by atoms with van der Waals surface area (Å²) in [6.45, 7) is 0.620. The van der Waals surface area contributed by atoms with Crippen LogP contribution in [0, 0.1) is 0 Å². The van der Waals surface area contributed by atoms with Crippen molar-refractivity contribution in [1.29, 1.82) is 0 Å². The van der Waals surface area contributed by atoms with Gasteiger partial charge in [-0.25, -0.2) is 0 Å². The molecule has 1 aromatic rings. The molecule has 108 valence electrons. The second kappa shape index (κ2) is 10.5. The number of rotatable bonds is 10. The summed E-state index contributed by atoms with van der Waals surface area (Å²) in [4.78, 5) is 0. The summed E-state index contributed by atoms with van der Waals surface area (Å²) in [6, 6.07) is 10.7. The molecule has 2 N–H and O–H groups in total. The molecule has 0 spiro atoms. The number of aryl methyl sites for hydroxylation is 1. The third-order valence-electron chi connectivity index (χ3n) is 3.37. The maximum atomic E-state index is 6.23. The van der Waals surface area contributed by atoms with Crippen molar-refractivity contribution in [2.45, 2.75) is 55.7 Å². The Morgan fingerprint density at radius 3 is 2.16 bits per heavy atom. The summed E-state index contributed by atoms with van der Waals surface area (Å²) in [6.07, 6.45) is 7.91. The van der Waals surface area contributed by atoms with Gasteiger partial charge in [0.25, 0.3) is 0 Å². The fourth-order valence-corrected chi connectivity index (χ4v) is 2.72. The minimum absolute atomic E-state index is 0.0241. The number of hydrogen-bond acceptors (Lipinski definition) is 1. The molecule has 19 heavy (non-hydrogen) atoms. The van der Waals surface area contributed by atoms with E-state index in [9.17, 15) is 0 Å². The van der Waals surface area contributed by atoms with Crippen LogP contribution in [0.25, 0.3) is 0 Å². The van der Waals surface area contributed by atoms with Crippen LogP contribution in [0.2, 0.25) is 0 Å².